The van der Waals surface area contributed by atoms with Gasteiger partial charge >= 0.3 is 12.1 Å². The van der Waals surface area contributed by atoms with Gasteiger partial charge in [0.25, 0.3) is 0 Å². The van der Waals surface area contributed by atoms with Crippen molar-refractivity contribution < 1.29 is 38.2 Å². The molecular formula is C43H47N3O8. The number of benzene rings is 4. The average Bonchev–Trinajstić information content (AvgIpc) is 3.79. The SMILES string of the molecule is COc1ccc(OC(=O)C(NC(=O)C2CCCN2C(=O)C(C)CC(=O)C(C)NC(=O)OCC2c3ccccc3-c3ccccc32)C(C)C)c2ccccc12. The van der Waals surface area contributed by atoms with E-state index in [2.05, 4.69) is 22.8 Å². The summed E-state index contributed by atoms with van der Waals surface area (Å²) in [4.78, 5) is 68.2. The van der Waals surface area contributed by atoms with Gasteiger partial charge in [-0.2, -0.15) is 0 Å². The Kier molecular flexibility index (Phi) is 11.6. The van der Waals surface area contributed by atoms with E-state index in [4.69, 9.17) is 14.2 Å². The van der Waals surface area contributed by atoms with E-state index in [9.17, 15) is 24.0 Å². The predicted octanol–water partition coefficient (Wildman–Crippen LogP) is 6.41. The van der Waals surface area contributed by atoms with E-state index in [1.165, 1.54) is 4.90 Å². The second-order valence-electron chi connectivity index (χ2n) is 14.4. The molecule has 2 N–H and O–H groups in total. The first kappa shape index (κ1) is 38.0. The molecule has 0 radical (unpaired) electrons. The van der Waals surface area contributed by atoms with Crippen molar-refractivity contribution in [2.24, 2.45) is 11.8 Å². The number of hydrogen-bond acceptors (Lipinski definition) is 8. The summed E-state index contributed by atoms with van der Waals surface area (Å²) in [7, 11) is 1.57. The van der Waals surface area contributed by atoms with Crippen LogP contribution in [0.4, 0.5) is 4.79 Å². The second kappa shape index (κ2) is 16.5. The molecule has 1 heterocycles. The number of fused-ring (bicyclic) bond motifs is 4. The van der Waals surface area contributed by atoms with Crippen LogP contribution in [0.2, 0.25) is 0 Å². The largest absolute Gasteiger partial charge is 0.496 e. The third kappa shape index (κ3) is 7.95. The maximum absolute atomic E-state index is 13.6. The minimum atomic E-state index is -0.972. The lowest BCUT2D eigenvalue weighted by molar-refractivity contribution is -0.145. The van der Waals surface area contributed by atoms with Gasteiger partial charge in [0, 0.05) is 35.6 Å². The number of carbonyl (C=O) groups is 5. The highest BCUT2D eigenvalue weighted by Gasteiger charge is 2.39. The first-order valence-corrected chi connectivity index (χ1v) is 18.5. The smallest absolute Gasteiger partial charge is 0.407 e. The average molecular weight is 734 g/mol. The summed E-state index contributed by atoms with van der Waals surface area (Å²) in [5, 5.41) is 6.93. The summed E-state index contributed by atoms with van der Waals surface area (Å²) in [6, 6.07) is 24.2. The van der Waals surface area contributed by atoms with Crippen LogP contribution in [0, 0.1) is 11.8 Å². The molecule has 1 saturated heterocycles. The number of nitrogens with one attached hydrogen (secondary N) is 2. The number of rotatable bonds is 13. The molecule has 2 aliphatic rings. The van der Waals surface area contributed by atoms with Crippen LogP contribution < -0.4 is 20.1 Å². The van der Waals surface area contributed by atoms with Crippen molar-refractivity contribution >= 4 is 40.4 Å². The number of amides is 3. The fourth-order valence-corrected chi connectivity index (χ4v) is 7.48. The van der Waals surface area contributed by atoms with Crippen LogP contribution in [0.15, 0.2) is 84.9 Å². The van der Waals surface area contributed by atoms with Crippen LogP contribution in [0.3, 0.4) is 0 Å². The fraction of sp³-hybridized carbons (Fsp3) is 0.372. The molecule has 4 atom stereocenters. The summed E-state index contributed by atoms with van der Waals surface area (Å²) in [6.45, 7) is 7.27. The van der Waals surface area contributed by atoms with Gasteiger partial charge in [-0.15, -0.1) is 0 Å². The summed E-state index contributed by atoms with van der Waals surface area (Å²) in [5.41, 5.74) is 4.39. The van der Waals surface area contributed by atoms with Crippen LogP contribution >= 0.6 is 0 Å². The predicted molar refractivity (Wildman–Crippen MR) is 204 cm³/mol. The molecule has 282 valence electrons. The number of hydrogen-bond donors (Lipinski definition) is 2. The quantitative estimate of drug-likeness (QED) is 0.119. The molecule has 54 heavy (non-hydrogen) atoms. The van der Waals surface area contributed by atoms with Gasteiger partial charge in [-0.3, -0.25) is 14.4 Å². The maximum atomic E-state index is 13.6. The van der Waals surface area contributed by atoms with E-state index in [0.29, 0.717) is 36.3 Å². The molecule has 1 aliphatic heterocycles. The number of nitrogens with zero attached hydrogens (tertiary/aromatic N) is 1. The molecule has 0 bridgehead atoms. The van der Waals surface area contributed by atoms with Crippen molar-refractivity contribution in [2.75, 3.05) is 20.3 Å². The molecule has 11 nitrogen and oxygen atoms in total. The van der Waals surface area contributed by atoms with Gasteiger partial charge in [0.1, 0.15) is 30.2 Å². The highest BCUT2D eigenvalue weighted by Crippen LogP contribution is 2.44. The monoisotopic (exact) mass is 733 g/mol. The Bertz CT molecular complexity index is 2020. The molecule has 0 spiro atoms. The Morgan fingerprint density at radius 2 is 1.37 bits per heavy atom. The van der Waals surface area contributed by atoms with E-state index in [0.717, 1.165) is 27.6 Å². The third-order valence-electron chi connectivity index (χ3n) is 10.4. The lowest BCUT2D eigenvalue weighted by Gasteiger charge is -2.29. The molecule has 0 aromatic heterocycles. The van der Waals surface area contributed by atoms with Gasteiger partial charge < -0.3 is 29.7 Å². The number of likely N-dealkylation sites (tertiary alicyclic amines) is 1. The lowest BCUT2D eigenvalue weighted by Crippen LogP contribution is -2.54. The Morgan fingerprint density at radius 3 is 2.00 bits per heavy atom. The summed E-state index contributed by atoms with van der Waals surface area (Å²) in [6.07, 6.45) is 0.164. The van der Waals surface area contributed by atoms with E-state index < -0.39 is 42.0 Å². The minimum Gasteiger partial charge on any atom is -0.496 e. The van der Waals surface area contributed by atoms with Crippen molar-refractivity contribution in [2.45, 2.75) is 71.0 Å². The zero-order valence-electron chi connectivity index (χ0n) is 31.3. The van der Waals surface area contributed by atoms with Gasteiger partial charge in [-0.05, 0) is 60.1 Å². The Hall–Kier alpha value is -5.71. The van der Waals surface area contributed by atoms with Crippen molar-refractivity contribution in [3.05, 3.63) is 96.1 Å². The Labute approximate surface area is 315 Å². The zero-order chi connectivity index (χ0) is 38.5. The molecule has 4 unspecified atom stereocenters. The number of ether oxygens (including phenoxy) is 3. The standard InChI is InChI=1S/C43H47N3O8/c1-25(2)39(42(50)54-38-21-20-37(52-5)32-17-10-11-18-33(32)38)45-40(48)35-19-12-22-46(35)41(49)26(3)23-36(47)27(4)44-43(51)53-24-34-30-15-8-6-13-28(30)29-14-7-9-16-31(29)34/h6-11,13-18,20-21,25-27,34-35,39H,12,19,22-24H2,1-5H3,(H,44,51)(H,45,48). The van der Waals surface area contributed by atoms with E-state index >= 15 is 0 Å². The minimum absolute atomic E-state index is 0.113. The molecule has 11 heteroatoms. The van der Waals surface area contributed by atoms with Gasteiger partial charge in [0.2, 0.25) is 11.8 Å². The number of Topliss-reactive ketones (excluding diaryl/α,β-unsaturated/α-hetero) is 1. The number of esters is 1. The number of alkyl carbamates (subject to hydrolysis) is 1. The highest BCUT2D eigenvalue weighted by molar-refractivity contribution is 5.97. The van der Waals surface area contributed by atoms with Gasteiger partial charge in [-0.25, -0.2) is 9.59 Å². The fourth-order valence-electron chi connectivity index (χ4n) is 7.48. The molecule has 1 aliphatic carbocycles. The van der Waals surface area contributed by atoms with Crippen LogP contribution in [0.5, 0.6) is 11.5 Å². The number of carbonyl (C=O) groups excluding carboxylic acids is 5. The molecule has 1 fully saturated rings. The molecule has 3 amide bonds. The van der Waals surface area contributed by atoms with E-state index in [1.807, 2.05) is 60.7 Å². The first-order valence-electron chi connectivity index (χ1n) is 18.5. The van der Waals surface area contributed by atoms with Crippen molar-refractivity contribution in [1.29, 1.82) is 0 Å². The van der Waals surface area contributed by atoms with E-state index in [1.54, 1.807) is 46.9 Å². The first-order chi connectivity index (χ1) is 26.0. The van der Waals surface area contributed by atoms with E-state index in [-0.39, 0.29) is 36.6 Å². The lowest BCUT2D eigenvalue weighted by atomic mass is 9.98. The normalized spacial score (nSPS) is 16.6. The Balaban J connectivity index is 1.01. The molecule has 6 rings (SSSR count). The van der Waals surface area contributed by atoms with Crippen molar-refractivity contribution in [3.8, 4) is 22.6 Å². The molecular weight excluding hydrogens is 686 g/mol. The maximum Gasteiger partial charge on any atom is 0.407 e. The molecule has 0 saturated carbocycles. The van der Waals surface area contributed by atoms with Crippen molar-refractivity contribution in [3.63, 3.8) is 0 Å². The highest BCUT2D eigenvalue weighted by atomic mass is 16.5. The zero-order valence-corrected chi connectivity index (χ0v) is 31.3. The number of methoxy groups -OCH3 is 1. The topological polar surface area (TPSA) is 140 Å². The van der Waals surface area contributed by atoms with Crippen LogP contribution in [0.1, 0.15) is 64.0 Å². The van der Waals surface area contributed by atoms with Crippen LogP contribution in [-0.2, 0) is 23.9 Å². The number of ketones is 1. The van der Waals surface area contributed by atoms with Gasteiger partial charge in [0.05, 0.1) is 13.2 Å². The summed E-state index contributed by atoms with van der Waals surface area (Å²) < 4.78 is 16.9. The van der Waals surface area contributed by atoms with Crippen LogP contribution in [-0.4, -0.2) is 72.9 Å². The second-order valence-corrected chi connectivity index (χ2v) is 14.4. The Morgan fingerprint density at radius 1 is 0.778 bits per heavy atom. The van der Waals surface area contributed by atoms with Crippen LogP contribution in [0.25, 0.3) is 21.9 Å². The molecule has 4 aromatic carbocycles. The third-order valence-corrected chi connectivity index (χ3v) is 10.4. The summed E-state index contributed by atoms with van der Waals surface area (Å²) in [5.74, 6) is -1.95. The van der Waals surface area contributed by atoms with Gasteiger partial charge in [-0.1, -0.05) is 93.6 Å². The van der Waals surface area contributed by atoms with Gasteiger partial charge in [0.15, 0.2) is 5.78 Å². The van der Waals surface area contributed by atoms with Crippen molar-refractivity contribution in [1.82, 2.24) is 15.5 Å². The summed E-state index contributed by atoms with van der Waals surface area (Å²) >= 11 is 0. The molecule has 4 aromatic rings.